The number of rotatable bonds is 2. The highest BCUT2D eigenvalue weighted by molar-refractivity contribution is 5.92. The van der Waals surface area contributed by atoms with E-state index in [9.17, 15) is 4.79 Å². The molecule has 2 heteroatoms. The van der Waals surface area contributed by atoms with Gasteiger partial charge < -0.3 is 4.74 Å². The van der Waals surface area contributed by atoms with Crippen LogP contribution in [0.3, 0.4) is 0 Å². The number of carbonyl (C=O) groups excluding carboxylic acids is 1. The number of hydrogen-bond acceptors (Lipinski definition) is 2. The first kappa shape index (κ1) is 7.32. The zero-order valence-electron chi connectivity index (χ0n) is 6.39. The van der Waals surface area contributed by atoms with Crippen molar-refractivity contribution in [3.63, 3.8) is 0 Å². The molecule has 0 aromatic rings. The minimum Gasteiger partial charge on any atom is -0.498 e. The number of ketones is 1. The maximum atomic E-state index is 10.8. The minimum atomic E-state index is 0.191. The van der Waals surface area contributed by atoms with Gasteiger partial charge in [0.15, 0.2) is 5.78 Å². The van der Waals surface area contributed by atoms with E-state index in [4.69, 9.17) is 4.74 Å². The quantitative estimate of drug-likeness (QED) is 0.581. The van der Waals surface area contributed by atoms with Crippen LogP contribution in [0.2, 0.25) is 0 Å². The molecule has 56 valence electrons. The van der Waals surface area contributed by atoms with Crippen LogP contribution in [0, 0.1) is 5.92 Å². The van der Waals surface area contributed by atoms with Crippen LogP contribution in [0.5, 0.6) is 0 Å². The zero-order chi connectivity index (χ0) is 7.56. The zero-order valence-corrected chi connectivity index (χ0v) is 6.39. The molecule has 0 spiro atoms. The first-order chi connectivity index (χ1) is 4.74. The summed E-state index contributed by atoms with van der Waals surface area (Å²) in [4.78, 5) is 10.8. The molecule has 1 atom stereocenters. The number of carbonyl (C=O) groups is 1. The largest absolute Gasteiger partial charge is 0.498 e. The van der Waals surface area contributed by atoms with E-state index in [-0.39, 0.29) is 5.78 Å². The van der Waals surface area contributed by atoms with Gasteiger partial charge in [0, 0.05) is 18.4 Å². The first-order valence-corrected chi connectivity index (χ1v) is 3.61. The first-order valence-electron chi connectivity index (χ1n) is 3.61. The monoisotopic (exact) mass is 140 g/mol. The molecule has 1 rings (SSSR count). The Labute approximate surface area is 60.9 Å². The molecule has 2 nitrogen and oxygen atoms in total. The number of hydrogen-bond donors (Lipinski definition) is 0. The molecule has 0 bridgehead atoms. The summed E-state index contributed by atoms with van der Waals surface area (Å²) < 4.78 is 5.23. The molecule has 0 heterocycles. The summed E-state index contributed by atoms with van der Waals surface area (Å²) in [6.07, 6.45) is 2.23. The lowest BCUT2D eigenvalue weighted by atomic mass is 10.1. The van der Waals surface area contributed by atoms with Crippen LogP contribution in [-0.4, -0.2) is 12.4 Å². The van der Waals surface area contributed by atoms with Gasteiger partial charge in [0.2, 0.25) is 0 Å². The predicted molar refractivity (Wildman–Crippen MR) is 38.5 cm³/mol. The SMILES string of the molecule is CCOC1=CC(=O)CC1C. The van der Waals surface area contributed by atoms with Gasteiger partial charge in [-0.15, -0.1) is 0 Å². The van der Waals surface area contributed by atoms with Crippen LogP contribution in [0.25, 0.3) is 0 Å². The van der Waals surface area contributed by atoms with Crippen LogP contribution in [0.15, 0.2) is 11.8 Å². The summed E-state index contributed by atoms with van der Waals surface area (Å²) >= 11 is 0. The van der Waals surface area contributed by atoms with E-state index in [1.54, 1.807) is 6.08 Å². The molecule has 0 saturated heterocycles. The van der Waals surface area contributed by atoms with Crippen LogP contribution in [0.1, 0.15) is 20.3 Å². The van der Waals surface area contributed by atoms with E-state index < -0.39 is 0 Å². The van der Waals surface area contributed by atoms with Gasteiger partial charge in [-0.25, -0.2) is 0 Å². The fraction of sp³-hybridized carbons (Fsp3) is 0.625. The van der Waals surface area contributed by atoms with E-state index in [0.717, 1.165) is 5.76 Å². The van der Waals surface area contributed by atoms with Gasteiger partial charge in [0.05, 0.1) is 6.61 Å². The molecule has 0 aromatic carbocycles. The summed E-state index contributed by atoms with van der Waals surface area (Å²) in [5.41, 5.74) is 0. The molecule has 1 aliphatic rings. The molecule has 0 saturated carbocycles. The van der Waals surface area contributed by atoms with E-state index in [1.807, 2.05) is 13.8 Å². The van der Waals surface area contributed by atoms with Gasteiger partial charge in [-0.1, -0.05) is 6.92 Å². The molecular formula is C8H12O2. The van der Waals surface area contributed by atoms with Gasteiger partial charge in [-0.3, -0.25) is 4.79 Å². The van der Waals surface area contributed by atoms with Crippen molar-refractivity contribution in [3.05, 3.63) is 11.8 Å². The normalized spacial score (nSPS) is 24.8. The molecule has 0 aromatic heterocycles. The smallest absolute Gasteiger partial charge is 0.159 e. The van der Waals surface area contributed by atoms with Crippen molar-refractivity contribution >= 4 is 5.78 Å². The topological polar surface area (TPSA) is 26.3 Å². The fourth-order valence-electron chi connectivity index (χ4n) is 1.11. The predicted octanol–water partition coefficient (Wildman–Crippen LogP) is 1.52. The number of ether oxygens (including phenoxy) is 1. The molecule has 0 aliphatic heterocycles. The maximum Gasteiger partial charge on any atom is 0.159 e. The van der Waals surface area contributed by atoms with Crippen LogP contribution in [-0.2, 0) is 9.53 Å². The van der Waals surface area contributed by atoms with E-state index >= 15 is 0 Å². The summed E-state index contributed by atoms with van der Waals surface area (Å²) in [7, 11) is 0. The van der Waals surface area contributed by atoms with E-state index in [0.29, 0.717) is 18.9 Å². The molecule has 10 heavy (non-hydrogen) atoms. The van der Waals surface area contributed by atoms with Crippen LogP contribution >= 0.6 is 0 Å². The Kier molecular flexibility index (Phi) is 2.10. The van der Waals surface area contributed by atoms with Gasteiger partial charge >= 0.3 is 0 Å². The lowest BCUT2D eigenvalue weighted by Gasteiger charge is -2.07. The summed E-state index contributed by atoms with van der Waals surface area (Å²) in [5, 5.41) is 0. The van der Waals surface area contributed by atoms with Gasteiger partial charge in [-0.05, 0) is 6.92 Å². The van der Waals surface area contributed by atoms with Crippen molar-refractivity contribution in [3.8, 4) is 0 Å². The second-order valence-electron chi connectivity index (χ2n) is 2.55. The molecule has 1 aliphatic carbocycles. The Bertz CT molecular complexity index is 170. The molecule has 0 fully saturated rings. The van der Waals surface area contributed by atoms with Gasteiger partial charge in [0.25, 0.3) is 0 Å². The van der Waals surface area contributed by atoms with Crippen molar-refractivity contribution < 1.29 is 9.53 Å². The standard InChI is InChI=1S/C8H12O2/c1-3-10-8-5-7(9)4-6(8)2/h5-6H,3-4H2,1-2H3. The van der Waals surface area contributed by atoms with Gasteiger partial charge in [-0.2, -0.15) is 0 Å². The molecule has 0 radical (unpaired) electrons. The molecule has 0 N–H and O–H groups in total. The Balaban J connectivity index is 2.56. The average Bonchev–Trinajstić information content (AvgIpc) is 2.13. The Morgan fingerprint density at radius 1 is 1.80 bits per heavy atom. The average molecular weight is 140 g/mol. The Morgan fingerprint density at radius 3 is 2.90 bits per heavy atom. The van der Waals surface area contributed by atoms with Crippen molar-refractivity contribution in [2.24, 2.45) is 5.92 Å². The molecule has 0 amide bonds. The van der Waals surface area contributed by atoms with Crippen LogP contribution < -0.4 is 0 Å². The highest BCUT2D eigenvalue weighted by Crippen LogP contribution is 2.22. The maximum absolute atomic E-state index is 10.8. The summed E-state index contributed by atoms with van der Waals surface area (Å²) in [6, 6.07) is 0. The highest BCUT2D eigenvalue weighted by atomic mass is 16.5. The highest BCUT2D eigenvalue weighted by Gasteiger charge is 2.21. The summed E-state index contributed by atoms with van der Waals surface area (Å²) in [6.45, 7) is 4.59. The fourth-order valence-corrected chi connectivity index (χ4v) is 1.11. The van der Waals surface area contributed by atoms with Crippen molar-refractivity contribution in [2.45, 2.75) is 20.3 Å². The molecule has 1 unspecified atom stereocenters. The second-order valence-corrected chi connectivity index (χ2v) is 2.55. The number of allylic oxidation sites excluding steroid dienone is 2. The van der Waals surface area contributed by atoms with Crippen molar-refractivity contribution in [1.29, 1.82) is 0 Å². The lowest BCUT2D eigenvalue weighted by molar-refractivity contribution is -0.114. The Hall–Kier alpha value is -0.790. The lowest BCUT2D eigenvalue weighted by Crippen LogP contribution is -1.98. The molecular weight excluding hydrogens is 128 g/mol. The van der Waals surface area contributed by atoms with Crippen LogP contribution in [0.4, 0.5) is 0 Å². The second kappa shape index (κ2) is 2.86. The third-order valence-corrected chi connectivity index (χ3v) is 1.61. The Morgan fingerprint density at radius 2 is 2.50 bits per heavy atom. The van der Waals surface area contributed by atoms with Crippen molar-refractivity contribution in [1.82, 2.24) is 0 Å². The van der Waals surface area contributed by atoms with Crippen molar-refractivity contribution in [2.75, 3.05) is 6.61 Å². The van der Waals surface area contributed by atoms with E-state index in [1.165, 1.54) is 0 Å². The third kappa shape index (κ3) is 1.38. The summed E-state index contributed by atoms with van der Waals surface area (Å²) in [5.74, 6) is 1.34. The third-order valence-electron chi connectivity index (χ3n) is 1.61. The minimum absolute atomic E-state index is 0.191. The van der Waals surface area contributed by atoms with Gasteiger partial charge in [0.1, 0.15) is 5.76 Å². The van der Waals surface area contributed by atoms with E-state index in [2.05, 4.69) is 0 Å².